The van der Waals surface area contributed by atoms with E-state index in [4.69, 9.17) is 14.2 Å². The zero-order valence-electron chi connectivity index (χ0n) is 19.7. The molecule has 12 heteroatoms. The Kier molecular flexibility index (Phi) is 8.24. The van der Waals surface area contributed by atoms with Crippen LogP contribution in [-0.4, -0.2) is 26.9 Å². The second kappa shape index (κ2) is 11.3. The summed E-state index contributed by atoms with van der Waals surface area (Å²) in [6.45, 7) is 0.820. The number of ether oxygens (including phenoxy) is 4. The van der Waals surface area contributed by atoms with Gasteiger partial charge in [0.05, 0.1) is 13.2 Å². The number of hydrogen-bond donors (Lipinski definition) is 0. The summed E-state index contributed by atoms with van der Waals surface area (Å²) in [5.74, 6) is -10.3. The molecule has 0 atom stereocenters. The summed E-state index contributed by atoms with van der Waals surface area (Å²) >= 11 is 0. The molecule has 4 nitrogen and oxygen atoms in total. The van der Waals surface area contributed by atoms with Crippen molar-refractivity contribution in [3.63, 3.8) is 0 Å². The van der Waals surface area contributed by atoms with Gasteiger partial charge in [0.25, 0.3) is 0 Å². The third-order valence-corrected chi connectivity index (χ3v) is 5.81. The Balaban J connectivity index is 1.55. The highest BCUT2D eigenvalue weighted by Crippen LogP contribution is 2.39. The van der Waals surface area contributed by atoms with Gasteiger partial charge in [-0.2, -0.15) is 8.78 Å². The van der Waals surface area contributed by atoms with Crippen molar-refractivity contribution in [2.24, 2.45) is 5.92 Å². The first-order valence-electron chi connectivity index (χ1n) is 11.2. The lowest BCUT2D eigenvalue weighted by Crippen LogP contribution is -2.29. The second-order valence-electron chi connectivity index (χ2n) is 8.52. The van der Waals surface area contributed by atoms with Crippen molar-refractivity contribution in [2.45, 2.75) is 18.8 Å². The quantitative estimate of drug-likeness (QED) is 0.284. The molecule has 0 unspecified atom stereocenters. The van der Waals surface area contributed by atoms with Crippen molar-refractivity contribution < 1.29 is 54.1 Å². The van der Waals surface area contributed by atoms with Crippen molar-refractivity contribution in [2.75, 3.05) is 26.9 Å². The molecule has 0 bridgehead atoms. The van der Waals surface area contributed by atoms with Crippen LogP contribution in [0.4, 0.5) is 35.1 Å². The molecule has 1 aliphatic heterocycles. The average molecular weight is 548 g/mol. The van der Waals surface area contributed by atoms with Crippen LogP contribution < -0.4 is 4.74 Å². The van der Waals surface area contributed by atoms with Crippen LogP contribution in [-0.2, 0) is 20.3 Å². The second-order valence-corrected chi connectivity index (χ2v) is 8.52. The van der Waals surface area contributed by atoms with Gasteiger partial charge < -0.3 is 18.9 Å². The van der Waals surface area contributed by atoms with E-state index in [9.17, 15) is 35.1 Å². The molecule has 1 heterocycles. The average Bonchev–Trinajstić information content (AvgIpc) is 2.86. The minimum Gasteiger partial charge on any atom is -0.425 e. The van der Waals surface area contributed by atoms with Crippen LogP contribution >= 0.6 is 0 Å². The van der Waals surface area contributed by atoms with Crippen molar-refractivity contribution in [3.05, 3.63) is 88.5 Å². The Morgan fingerprint density at radius 2 is 1.45 bits per heavy atom. The highest BCUT2D eigenvalue weighted by Gasteiger charge is 2.42. The van der Waals surface area contributed by atoms with E-state index in [1.807, 2.05) is 0 Å². The summed E-state index contributed by atoms with van der Waals surface area (Å²) in [5.41, 5.74) is -2.93. The molecule has 38 heavy (non-hydrogen) atoms. The number of halogens is 8. The first-order chi connectivity index (χ1) is 18.0. The van der Waals surface area contributed by atoms with Crippen LogP contribution in [0.1, 0.15) is 23.8 Å². The van der Waals surface area contributed by atoms with Gasteiger partial charge in [-0.1, -0.05) is 6.07 Å². The molecule has 0 radical (unpaired) electrons. The molecule has 0 aromatic heterocycles. The van der Waals surface area contributed by atoms with Gasteiger partial charge in [-0.15, -0.1) is 0 Å². The largest absolute Gasteiger partial charge is 0.432 e. The van der Waals surface area contributed by atoms with Crippen molar-refractivity contribution in [3.8, 4) is 16.9 Å². The normalized spacial score (nSPS) is 18.0. The topological polar surface area (TPSA) is 36.9 Å². The smallest absolute Gasteiger partial charge is 0.425 e. The monoisotopic (exact) mass is 548 g/mol. The van der Waals surface area contributed by atoms with Crippen LogP contribution in [0.2, 0.25) is 0 Å². The van der Waals surface area contributed by atoms with E-state index >= 15 is 0 Å². The lowest BCUT2D eigenvalue weighted by Gasteiger charge is -2.30. The Morgan fingerprint density at radius 3 is 2.05 bits per heavy atom. The zero-order valence-corrected chi connectivity index (χ0v) is 19.7. The first-order valence-corrected chi connectivity index (χ1v) is 11.2. The van der Waals surface area contributed by atoms with Crippen molar-refractivity contribution >= 4 is 0 Å². The molecule has 0 spiro atoms. The van der Waals surface area contributed by atoms with E-state index < -0.39 is 64.2 Å². The maximum absolute atomic E-state index is 14.8. The van der Waals surface area contributed by atoms with Gasteiger partial charge in [-0.3, -0.25) is 0 Å². The van der Waals surface area contributed by atoms with Gasteiger partial charge in [-0.25, -0.2) is 26.3 Å². The maximum Gasteiger partial charge on any atom is 0.432 e. The molecule has 0 amide bonds. The Morgan fingerprint density at radius 1 is 0.789 bits per heavy atom. The van der Waals surface area contributed by atoms with E-state index in [1.165, 1.54) is 7.11 Å². The molecule has 0 saturated carbocycles. The Labute approximate surface area is 211 Å². The third kappa shape index (κ3) is 5.92. The van der Waals surface area contributed by atoms with Gasteiger partial charge in [0.15, 0.2) is 29.5 Å². The molecule has 4 rings (SSSR count). The predicted octanol–water partition coefficient (Wildman–Crippen LogP) is 7.01. The van der Waals surface area contributed by atoms with Crippen LogP contribution in [0, 0.1) is 40.8 Å². The third-order valence-electron chi connectivity index (χ3n) is 5.81. The lowest BCUT2D eigenvalue weighted by molar-refractivity contribution is -0.207. The van der Waals surface area contributed by atoms with Gasteiger partial charge in [0.1, 0.15) is 23.0 Å². The number of alkyl halides is 2. The molecule has 3 aromatic carbocycles. The summed E-state index contributed by atoms with van der Waals surface area (Å²) in [5, 5.41) is 0. The van der Waals surface area contributed by atoms with Crippen molar-refractivity contribution in [1.29, 1.82) is 0 Å². The van der Waals surface area contributed by atoms with E-state index in [0.29, 0.717) is 43.4 Å². The molecular weight excluding hydrogens is 528 g/mol. The van der Waals surface area contributed by atoms with E-state index in [0.717, 1.165) is 6.07 Å². The highest BCUT2D eigenvalue weighted by molar-refractivity contribution is 5.65. The highest BCUT2D eigenvalue weighted by atomic mass is 19.3. The van der Waals surface area contributed by atoms with Crippen LogP contribution in [0.5, 0.6) is 5.75 Å². The molecule has 1 saturated heterocycles. The zero-order chi connectivity index (χ0) is 27.6. The fraction of sp³-hybridized carbons (Fsp3) is 0.308. The van der Waals surface area contributed by atoms with Gasteiger partial charge in [-0.05, 0) is 42.3 Å². The van der Waals surface area contributed by atoms with Crippen LogP contribution in [0.3, 0.4) is 0 Å². The fourth-order valence-corrected chi connectivity index (χ4v) is 3.87. The molecule has 1 fully saturated rings. The predicted molar refractivity (Wildman–Crippen MR) is 117 cm³/mol. The first kappa shape index (κ1) is 27.8. The van der Waals surface area contributed by atoms with Crippen LogP contribution in [0.25, 0.3) is 11.1 Å². The Hall–Kier alpha value is -3.22. The molecule has 0 N–H and O–H groups in total. The fourth-order valence-electron chi connectivity index (χ4n) is 3.87. The van der Waals surface area contributed by atoms with E-state index in [-0.39, 0.29) is 36.3 Å². The maximum atomic E-state index is 14.8. The number of rotatable bonds is 8. The SMILES string of the molecule is COCCC1COC(c2cc(F)c(C(F)(F)Oc3cc(F)c(-c4ccc(F)c(F)c4)cc3F)c(F)c2)OC1. The minimum absolute atomic E-state index is 0.0262. The Bertz CT molecular complexity index is 1290. The standard InChI is InChI=1S/C26H20F8O4/c1-35-5-4-13-11-36-25(37-12-13)15-7-21(31)24(22(32)8-15)26(33,34)38-23-10-18(28)16(9-20(23)30)14-2-3-17(27)19(29)6-14/h2-3,6-10,13,25H,4-5,11-12H2,1H3. The number of benzene rings is 3. The van der Waals surface area contributed by atoms with Gasteiger partial charge in [0.2, 0.25) is 0 Å². The van der Waals surface area contributed by atoms with E-state index in [1.54, 1.807) is 0 Å². The van der Waals surface area contributed by atoms with Crippen LogP contribution in [0.15, 0.2) is 42.5 Å². The molecule has 3 aromatic rings. The molecule has 0 aliphatic carbocycles. The number of hydrogen-bond acceptors (Lipinski definition) is 4. The molecular formula is C26H20F8O4. The summed E-state index contributed by atoms with van der Waals surface area (Å²) < 4.78 is 135. The van der Waals surface area contributed by atoms with Gasteiger partial charge >= 0.3 is 6.11 Å². The van der Waals surface area contributed by atoms with Gasteiger partial charge in [0, 0.05) is 36.8 Å². The molecule has 204 valence electrons. The minimum atomic E-state index is -4.77. The van der Waals surface area contributed by atoms with Crippen molar-refractivity contribution in [1.82, 2.24) is 0 Å². The summed E-state index contributed by atoms with van der Waals surface area (Å²) in [4.78, 5) is 0. The molecule has 1 aliphatic rings. The number of methoxy groups -OCH3 is 1. The lowest BCUT2D eigenvalue weighted by atomic mass is 10.0. The van der Waals surface area contributed by atoms with E-state index in [2.05, 4.69) is 4.74 Å². The summed E-state index contributed by atoms with van der Waals surface area (Å²) in [6.07, 6.45) is -5.37. The summed E-state index contributed by atoms with van der Waals surface area (Å²) in [7, 11) is 1.52. The summed E-state index contributed by atoms with van der Waals surface area (Å²) in [6, 6.07) is 3.93.